The van der Waals surface area contributed by atoms with Crippen molar-refractivity contribution < 1.29 is 10.0 Å². The molecule has 70 valence electrons. The van der Waals surface area contributed by atoms with E-state index in [-0.39, 0.29) is 12.3 Å². The Hall–Kier alpha value is -1.35. The zero-order valence-corrected chi connectivity index (χ0v) is 7.60. The van der Waals surface area contributed by atoms with E-state index in [1.54, 1.807) is 6.92 Å². The highest BCUT2D eigenvalue weighted by Gasteiger charge is 2.08. The number of hydrogen-bond donors (Lipinski definition) is 1. The first kappa shape index (κ1) is 9.74. The van der Waals surface area contributed by atoms with Crippen LogP contribution in [0.2, 0.25) is 0 Å². The third-order valence-electron chi connectivity index (χ3n) is 1.79. The lowest BCUT2D eigenvalue weighted by molar-refractivity contribution is -0.163. The summed E-state index contributed by atoms with van der Waals surface area (Å²) in [5.41, 5.74) is 0.917. The molecule has 3 nitrogen and oxygen atoms in total. The number of benzene rings is 1. The molecule has 0 spiro atoms. The molecule has 0 fully saturated rings. The van der Waals surface area contributed by atoms with Gasteiger partial charge in [-0.3, -0.25) is 10.0 Å². The zero-order valence-electron chi connectivity index (χ0n) is 7.60. The first-order chi connectivity index (χ1) is 6.24. The predicted molar refractivity (Wildman–Crippen MR) is 49.3 cm³/mol. The van der Waals surface area contributed by atoms with Crippen LogP contribution in [0.3, 0.4) is 0 Å². The molecule has 0 saturated heterocycles. The Bertz CT molecular complexity index is 272. The minimum absolute atomic E-state index is 0.255. The van der Waals surface area contributed by atoms with E-state index >= 15 is 0 Å². The number of rotatable bonds is 3. The van der Waals surface area contributed by atoms with Gasteiger partial charge in [0.05, 0.1) is 6.42 Å². The Balaban J connectivity index is 2.55. The molecule has 0 aliphatic heterocycles. The van der Waals surface area contributed by atoms with Crippen LogP contribution in [-0.4, -0.2) is 22.7 Å². The van der Waals surface area contributed by atoms with Gasteiger partial charge < -0.3 is 0 Å². The van der Waals surface area contributed by atoms with Gasteiger partial charge in [0.1, 0.15) is 0 Å². The summed E-state index contributed by atoms with van der Waals surface area (Å²) >= 11 is 0. The van der Waals surface area contributed by atoms with E-state index in [1.165, 1.54) is 0 Å². The Morgan fingerprint density at radius 2 is 2.00 bits per heavy atom. The third kappa shape index (κ3) is 2.87. The molecule has 1 N–H and O–H groups in total. The van der Waals surface area contributed by atoms with Gasteiger partial charge in [-0.25, -0.2) is 5.06 Å². The number of amides is 1. The van der Waals surface area contributed by atoms with Crippen LogP contribution in [0.4, 0.5) is 0 Å². The largest absolute Gasteiger partial charge is 0.286 e. The molecule has 0 heterocycles. The van der Waals surface area contributed by atoms with Gasteiger partial charge in [0.25, 0.3) is 0 Å². The highest BCUT2D eigenvalue weighted by molar-refractivity contribution is 5.77. The Morgan fingerprint density at radius 3 is 2.54 bits per heavy atom. The van der Waals surface area contributed by atoms with Crippen molar-refractivity contribution in [3.8, 4) is 0 Å². The van der Waals surface area contributed by atoms with E-state index in [1.807, 2.05) is 30.3 Å². The molecular weight excluding hydrogens is 166 g/mol. The molecule has 1 amide bonds. The monoisotopic (exact) mass is 179 g/mol. The lowest BCUT2D eigenvalue weighted by Crippen LogP contribution is -2.28. The van der Waals surface area contributed by atoms with Crippen molar-refractivity contribution in [3.63, 3.8) is 0 Å². The molecule has 0 aromatic heterocycles. The third-order valence-corrected chi connectivity index (χ3v) is 1.79. The fourth-order valence-electron chi connectivity index (χ4n) is 1.04. The SMILES string of the molecule is CCN(O)C(=O)Cc1ccccc1. The van der Waals surface area contributed by atoms with Crippen molar-refractivity contribution >= 4 is 5.91 Å². The smallest absolute Gasteiger partial charge is 0.250 e. The second-order valence-electron chi connectivity index (χ2n) is 2.77. The molecule has 13 heavy (non-hydrogen) atoms. The maximum absolute atomic E-state index is 11.2. The van der Waals surface area contributed by atoms with E-state index in [9.17, 15) is 4.79 Å². The topological polar surface area (TPSA) is 40.5 Å². The molecule has 0 radical (unpaired) electrons. The number of carbonyl (C=O) groups is 1. The van der Waals surface area contributed by atoms with Gasteiger partial charge in [-0.05, 0) is 12.5 Å². The van der Waals surface area contributed by atoms with Crippen LogP contribution >= 0.6 is 0 Å². The number of hydrogen-bond acceptors (Lipinski definition) is 2. The Kier molecular flexibility index (Phi) is 3.46. The second kappa shape index (κ2) is 4.62. The predicted octanol–water partition coefficient (Wildman–Crippen LogP) is 1.47. The summed E-state index contributed by atoms with van der Waals surface area (Å²) in [7, 11) is 0. The molecule has 0 aliphatic carbocycles. The normalized spacial score (nSPS) is 9.69. The summed E-state index contributed by atoms with van der Waals surface area (Å²) in [5, 5.41) is 9.80. The molecule has 0 saturated carbocycles. The van der Waals surface area contributed by atoms with Crippen LogP contribution in [-0.2, 0) is 11.2 Å². The molecular formula is C10H13NO2. The lowest BCUT2D eigenvalue weighted by Gasteiger charge is -2.11. The fourth-order valence-corrected chi connectivity index (χ4v) is 1.04. The first-order valence-electron chi connectivity index (χ1n) is 4.27. The summed E-state index contributed by atoms with van der Waals surface area (Å²) < 4.78 is 0. The summed E-state index contributed by atoms with van der Waals surface area (Å²) in [5.74, 6) is -0.270. The van der Waals surface area contributed by atoms with Crippen LogP contribution < -0.4 is 0 Å². The molecule has 3 heteroatoms. The van der Waals surface area contributed by atoms with Gasteiger partial charge in [0.15, 0.2) is 0 Å². The number of hydroxylamine groups is 2. The van der Waals surface area contributed by atoms with Crippen molar-refractivity contribution in [1.29, 1.82) is 0 Å². The molecule has 0 aliphatic rings. The van der Waals surface area contributed by atoms with Crippen LogP contribution in [0, 0.1) is 0 Å². The quantitative estimate of drug-likeness (QED) is 0.563. The molecule has 1 aromatic carbocycles. The number of likely N-dealkylation sites (N-methyl/N-ethyl adjacent to an activating group) is 1. The average molecular weight is 179 g/mol. The number of carbonyl (C=O) groups excluding carboxylic acids is 1. The van der Waals surface area contributed by atoms with Crippen molar-refractivity contribution in [2.24, 2.45) is 0 Å². The maximum atomic E-state index is 11.2. The Morgan fingerprint density at radius 1 is 1.38 bits per heavy atom. The highest BCUT2D eigenvalue weighted by atomic mass is 16.5. The highest BCUT2D eigenvalue weighted by Crippen LogP contribution is 2.01. The summed E-state index contributed by atoms with van der Waals surface area (Å²) in [6.45, 7) is 2.05. The van der Waals surface area contributed by atoms with Crippen LogP contribution in [0.1, 0.15) is 12.5 Å². The fraction of sp³-hybridized carbons (Fsp3) is 0.300. The maximum Gasteiger partial charge on any atom is 0.250 e. The average Bonchev–Trinajstić information content (AvgIpc) is 2.18. The summed E-state index contributed by atoms with van der Waals surface area (Å²) in [4.78, 5) is 11.2. The first-order valence-corrected chi connectivity index (χ1v) is 4.27. The zero-order chi connectivity index (χ0) is 9.68. The van der Waals surface area contributed by atoms with Crippen molar-refractivity contribution in [2.45, 2.75) is 13.3 Å². The van der Waals surface area contributed by atoms with E-state index in [4.69, 9.17) is 5.21 Å². The van der Waals surface area contributed by atoms with Crippen molar-refractivity contribution in [1.82, 2.24) is 5.06 Å². The summed E-state index contributed by atoms with van der Waals surface area (Å²) in [6, 6.07) is 9.36. The molecule has 0 unspecified atom stereocenters. The van der Waals surface area contributed by atoms with Crippen molar-refractivity contribution in [2.75, 3.05) is 6.54 Å². The molecule has 0 bridgehead atoms. The molecule has 1 aromatic rings. The molecule has 0 atom stereocenters. The van der Waals surface area contributed by atoms with E-state index in [0.717, 1.165) is 10.6 Å². The van der Waals surface area contributed by atoms with Gasteiger partial charge in [-0.2, -0.15) is 0 Å². The summed E-state index contributed by atoms with van der Waals surface area (Å²) in [6.07, 6.45) is 0.255. The van der Waals surface area contributed by atoms with Gasteiger partial charge in [-0.15, -0.1) is 0 Å². The minimum Gasteiger partial charge on any atom is -0.286 e. The Labute approximate surface area is 77.6 Å². The second-order valence-corrected chi connectivity index (χ2v) is 2.77. The standard InChI is InChI=1S/C10H13NO2/c1-2-11(13)10(12)8-9-6-4-3-5-7-9/h3-7,13H,2,8H2,1H3. The minimum atomic E-state index is -0.270. The van der Waals surface area contributed by atoms with Crippen LogP contribution in [0.25, 0.3) is 0 Å². The van der Waals surface area contributed by atoms with Crippen LogP contribution in [0.5, 0.6) is 0 Å². The van der Waals surface area contributed by atoms with E-state index in [2.05, 4.69) is 0 Å². The lowest BCUT2D eigenvalue weighted by atomic mass is 10.1. The molecule has 1 rings (SSSR count). The van der Waals surface area contributed by atoms with Gasteiger partial charge >= 0.3 is 0 Å². The van der Waals surface area contributed by atoms with E-state index < -0.39 is 0 Å². The number of nitrogens with zero attached hydrogens (tertiary/aromatic N) is 1. The van der Waals surface area contributed by atoms with Crippen molar-refractivity contribution in [3.05, 3.63) is 35.9 Å². The van der Waals surface area contributed by atoms with Crippen LogP contribution in [0.15, 0.2) is 30.3 Å². The van der Waals surface area contributed by atoms with E-state index in [0.29, 0.717) is 6.54 Å². The van der Waals surface area contributed by atoms with Gasteiger partial charge in [0, 0.05) is 6.54 Å². The van der Waals surface area contributed by atoms with Gasteiger partial charge in [0.2, 0.25) is 5.91 Å². The van der Waals surface area contributed by atoms with Gasteiger partial charge in [-0.1, -0.05) is 30.3 Å².